The topological polar surface area (TPSA) is 9.23 Å². The normalized spacial score (nSPS) is 15.7. The fourth-order valence-electron chi connectivity index (χ4n) is 1.89. The van der Waals surface area contributed by atoms with Crippen molar-refractivity contribution in [3.8, 4) is 5.75 Å². The maximum absolute atomic E-state index is 5.86. The second kappa shape index (κ2) is 6.49. The number of hydrogen-bond acceptors (Lipinski definition) is 1. The summed E-state index contributed by atoms with van der Waals surface area (Å²) in [6.07, 6.45) is 5.59. The van der Waals surface area contributed by atoms with E-state index in [4.69, 9.17) is 4.74 Å². The molecule has 0 atom stereocenters. The van der Waals surface area contributed by atoms with Crippen molar-refractivity contribution in [3.63, 3.8) is 0 Å². The average molecular weight is 206 g/mol. The summed E-state index contributed by atoms with van der Waals surface area (Å²) in [5.74, 6) is 1.03. The minimum absolute atomic E-state index is 0.474. The van der Waals surface area contributed by atoms with Gasteiger partial charge in [0.1, 0.15) is 5.75 Å². The Kier molecular flexibility index (Phi) is 5.23. The molecule has 0 aliphatic heterocycles. The molecule has 1 saturated carbocycles. The first kappa shape index (κ1) is 12.1. The second-order valence-corrected chi connectivity index (χ2v) is 3.84. The van der Waals surface area contributed by atoms with E-state index in [1.165, 1.54) is 31.2 Å². The molecular weight excluding hydrogens is 184 g/mol. The number of hydrogen-bond donors (Lipinski definition) is 0. The van der Waals surface area contributed by atoms with Gasteiger partial charge >= 0.3 is 0 Å². The van der Waals surface area contributed by atoms with Gasteiger partial charge in [-0.1, -0.05) is 26.0 Å². The Morgan fingerprint density at radius 3 is 2.40 bits per heavy atom. The number of ether oxygens (including phenoxy) is 1. The molecule has 1 aromatic carbocycles. The van der Waals surface area contributed by atoms with Crippen molar-refractivity contribution in [1.29, 1.82) is 0 Å². The third kappa shape index (κ3) is 3.94. The smallest absolute Gasteiger partial charge is 0.119 e. The minimum Gasteiger partial charge on any atom is -0.490 e. The molecule has 1 nitrogen and oxygen atoms in total. The molecule has 0 spiro atoms. The molecule has 1 aliphatic carbocycles. The van der Waals surface area contributed by atoms with Crippen LogP contribution in [-0.4, -0.2) is 6.10 Å². The fraction of sp³-hybridized carbons (Fsp3) is 0.571. The first-order chi connectivity index (χ1) is 7.34. The monoisotopic (exact) mass is 206 g/mol. The van der Waals surface area contributed by atoms with Gasteiger partial charge in [0, 0.05) is 0 Å². The van der Waals surface area contributed by atoms with Crippen molar-refractivity contribution in [2.75, 3.05) is 0 Å². The molecule has 0 saturated heterocycles. The summed E-state index contributed by atoms with van der Waals surface area (Å²) in [6, 6.07) is 8.31. The van der Waals surface area contributed by atoms with Crippen LogP contribution in [0.3, 0.4) is 0 Å². The molecule has 84 valence electrons. The molecule has 0 radical (unpaired) electrons. The van der Waals surface area contributed by atoms with E-state index in [1.807, 2.05) is 19.9 Å². The molecule has 2 rings (SSSR count). The molecule has 0 amide bonds. The van der Waals surface area contributed by atoms with Crippen molar-refractivity contribution >= 4 is 0 Å². The highest BCUT2D eigenvalue weighted by Crippen LogP contribution is 2.24. The van der Waals surface area contributed by atoms with Crippen LogP contribution in [0.1, 0.15) is 45.1 Å². The minimum atomic E-state index is 0.474. The Bertz CT molecular complexity index is 274. The lowest BCUT2D eigenvalue weighted by Crippen LogP contribution is -2.10. The molecule has 1 fully saturated rings. The van der Waals surface area contributed by atoms with E-state index in [0.29, 0.717) is 6.10 Å². The molecular formula is C14H22O. The van der Waals surface area contributed by atoms with Gasteiger partial charge in [0.05, 0.1) is 6.10 Å². The Hall–Kier alpha value is -0.980. The second-order valence-electron chi connectivity index (χ2n) is 3.84. The predicted octanol–water partition coefficient (Wildman–Crippen LogP) is 4.34. The van der Waals surface area contributed by atoms with Gasteiger partial charge in [-0.3, -0.25) is 0 Å². The molecule has 0 N–H and O–H groups in total. The third-order valence-electron chi connectivity index (χ3n) is 2.59. The lowest BCUT2D eigenvalue weighted by Gasteiger charge is -2.12. The van der Waals surface area contributed by atoms with Gasteiger partial charge in [0.2, 0.25) is 0 Å². The number of benzene rings is 1. The summed E-state index contributed by atoms with van der Waals surface area (Å²) in [5, 5.41) is 0. The van der Waals surface area contributed by atoms with Gasteiger partial charge in [-0.25, -0.2) is 0 Å². The highest BCUT2D eigenvalue weighted by Gasteiger charge is 2.15. The number of aryl methyl sites for hydroxylation is 1. The zero-order valence-corrected chi connectivity index (χ0v) is 10.1. The van der Waals surface area contributed by atoms with Crippen LogP contribution in [-0.2, 0) is 0 Å². The summed E-state index contributed by atoms with van der Waals surface area (Å²) < 4.78 is 5.86. The van der Waals surface area contributed by atoms with Crippen LogP contribution in [0.15, 0.2) is 24.3 Å². The highest BCUT2D eigenvalue weighted by molar-refractivity contribution is 5.27. The van der Waals surface area contributed by atoms with Crippen LogP contribution in [0.25, 0.3) is 0 Å². The van der Waals surface area contributed by atoms with Crippen molar-refractivity contribution in [2.45, 2.75) is 52.6 Å². The molecule has 15 heavy (non-hydrogen) atoms. The van der Waals surface area contributed by atoms with Gasteiger partial charge in [-0.05, 0) is 50.3 Å². The van der Waals surface area contributed by atoms with Crippen molar-refractivity contribution in [1.82, 2.24) is 0 Å². The Balaban J connectivity index is 0.000000531. The fourth-order valence-corrected chi connectivity index (χ4v) is 1.89. The van der Waals surface area contributed by atoms with Gasteiger partial charge in [0.15, 0.2) is 0 Å². The molecule has 0 bridgehead atoms. The Morgan fingerprint density at radius 1 is 1.13 bits per heavy atom. The summed E-state index contributed by atoms with van der Waals surface area (Å²) in [5.41, 5.74) is 1.27. The van der Waals surface area contributed by atoms with Crippen LogP contribution in [0.2, 0.25) is 0 Å². The van der Waals surface area contributed by atoms with E-state index in [9.17, 15) is 0 Å². The number of rotatable bonds is 2. The SMILES string of the molecule is CC.Cc1cccc(OC2CCCC2)c1. The van der Waals surface area contributed by atoms with Crippen molar-refractivity contribution in [3.05, 3.63) is 29.8 Å². The maximum Gasteiger partial charge on any atom is 0.119 e. The molecule has 0 unspecified atom stereocenters. The largest absolute Gasteiger partial charge is 0.490 e. The van der Waals surface area contributed by atoms with E-state index in [2.05, 4.69) is 25.1 Å². The lowest BCUT2D eigenvalue weighted by molar-refractivity contribution is 0.210. The van der Waals surface area contributed by atoms with Crippen LogP contribution in [0.4, 0.5) is 0 Å². The first-order valence-corrected chi connectivity index (χ1v) is 6.08. The van der Waals surface area contributed by atoms with Gasteiger partial charge in [-0.15, -0.1) is 0 Å². The molecule has 1 aliphatic rings. The molecule has 1 heteroatoms. The van der Waals surface area contributed by atoms with E-state index in [0.717, 1.165) is 5.75 Å². The predicted molar refractivity (Wildman–Crippen MR) is 65.4 cm³/mol. The Morgan fingerprint density at radius 2 is 1.80 bits per heavy atom. The molecule has 1 aromatic rings. The van der Waals surface area contributed by atoms with E-state index in [1.54, 1.807) is 0 Å². The highest BCUT2D eigenvalue weighted by atomic mass is 16.5. The molecule has 0 aromatic heterocycles. The summed E-state index contributed by atoms with van der Waals surface area (Å²) in [7, 11) is 0. The first-order valence-electron chi connectivity index (χ1n) is 6.08. The zero-order chi connectivity index (χ0) is 11.1. The van der Waals surface area contributed by atoms with Crippen LogP contribution >= 0.6 is 0 Å². The van der Waals surface area contributed by atoms with Gasteiger partial charge in [-0.2, -0.15) is 0 Å². The standard InChI is InChI=1S/C12H16O.C2H6/c1-10-5-4-8-12(9-10)13-11-6-2-3-7-11;1-2/h4-5,8-9,11H,2-3,6-7H2,1H3;1-2H3. The van der Waals surface area contributed by atoms with Gasteiger partial charge < -0.3 is 4.74 Å². The molecule has 0 heterocycles. The van der Waals surface area contributed by atoms with E-state index in [-0.39, 0.29) is 0 Å². The Labute approximate surface area is 93.5 Å². The zero-order valence-electron chi connectivity index (χ0n) is 10.1. The summed E-state index contributed by atoms with van der Waals surface area (Å²) in [6.45, 7) is 6.10. The maximum atomic E-state index is 5.86. The van der Waals surface area contributed by atoms with Crippen molar-refractivity contribution in [2.24, 2.45) is 0 Å². The van der Waals surface area contributed by atoms with Gasteiger partial charge in [0.25, 0.3) is 0 Å². The van der Waals surface area contributed by atoms with Crippen molar-refractivity contribution < 1.29 is 4.74 Å². The van der Waals surface area contributed by atoms with E-state index < -0.39 is 0 Å². The average Bonchev–Trinajstić information content (AvgIpc) is 2.74. The summed E-state index contributed by atoms with van der Waals surface area (Å²) in [4.78, 5) is 0. The third-order valence-corrected chi connectivity index (χ3v) is 2.59. The van der Waals surface area contributed by atoms with E-state index >= 15 is 0 Å². The summed E-state index contributed by atoms with van der Waals surface area (Å²) >= 11 is 0. The lowest BCUT2D eigenvalue weighted by atomic mass is 10.2. The quantitative estimate of drug-likeness (QED) is 0.699. The van der Waals surface area contributed by atoms with Crippen LogP contribution < -0.4 is 4.74 Å². The van der Waals surface area contributed by atoms with Crippen LogP contribution in [0, 0.1) is 6.92 Å². The van der Waals surface area contributed by atoms with Crippen LogP contribution in [0.5, 0.6) is 5.75 Å².